The molecule has 3 rings (SSSR count). The standard InChI is InChI=1S/C24H29FN2O4/c1-16(2)26-23(28)18-6-9-20(10-7-18)31-15-17-5-4-12-27(14-17)24(29)19-8-11-22(30-3)21(25)13-19/h6-11,13,16-17H,4-5,12,14-15H2,1-3H3,(H,26,28)/t17-/m0/s1. The van der Waals surface area contributed by atoms with E-state index in [1.807, 2.05) is 13.8 Å². The van der Waals surface area contributed by atoms with Crippen molar-refractivity contribution in [2.45, 2.75) is 32.7 Å². The van der Waals surface area contributed by atoms with Gasteiger partial charge in [-0.05, 0) is 69.2 Å². The summed E-state index contributed by atoms with van der Waals surface area (Å²) in [4.78, 5) is 26.6. The zero-order valence-electron chi connectivity index (χ0n) is 18.2. The number of nitrogens with one attached hydrogen (secondary N) is 1. The van der Waals surface area contributed by atoms with E-state index in [-0.39, 0.29) is 29.5 Å². The number of carbonyl (C=O) groups excluding carboxylic acids is 2. The Balaban J connectivity index is 1.54. The zero-order valence-corrected chi connectivity index (χ0v) is 18.2. The lowest BCUT2D eigenvalue weighted by molar-refractivity contribution is 0.0632. The molecule has 0 saturated carbocycles. The fourth-order valence-corrected chi connectivity index (χ4v) is 3.63. The minimum absolute atomic E-state index is 0.0785. The maximum atomic E-state index is 14.0. The molecule has 2 aromatic carbocycles. The van der Waals surface area contributed by atoms with Gasteiger partial charge in [-0.15, -0.1) is 0 Å². The summed E-state index contributed by atoms with van der Waals surface area (Å²) < 4.78 is 24.8. The van der Waals surface area contributed by atoms with Crippen LogP contribution in [0.25, 0.3) is 0 Å². The first-order valence-corrected chi connectivity index (χ1v) is 10.5. The first-order chi connectivity index (χ1) is 14.9. The summed E-state index contributed by atoms with van der Waals surface area (Å²) in [6.45, 7) is 5.50. The van der Waals surface area contributed by atoms with Crippen LogP contribution in [0.4, 0.5) is 4.39 Å². The van der Waals surface area contributed by atoms with Crippen LogP contribution in [0, 0.1) is 11.7 Å². The highest BCUT2D eigenvalue weighted by molar-refractivity contribution is 5.95. The highest BCUT2D eigenvalue weighted by atomic mass is 19.1. The van der Waals surface area contributed by atoms with Crippen molar-refractivity contribution in [2.24, 2.45) is 5.92 Å². The molecule has 1 fully saturated rings. The smallest absolute Gasteiger partial charge is 0.253 e. The molecule has 166 valence electrons. The van der Waals surface area contributed by atoms with Crippen LogP contribution in [0.3, 0.4) is 0 Å². The highest BCUT2D eigenvalue weighted by Crippen LogP contribution is 2.23. The second-order valence-electron chi connectivity index (χ2n) is 8.07. The van der Waals surface area contributed by atoms with E-state index in [2.05, 4.69) is 5.32 Å². The molecule has 0 bridgehead atoms. The monoisotopic (exact) mass is 428 g/mol. The number of likely N-dealkylation sites (tertiary alicyclic amines) is 1. The summed E-state index contributed by atoms with van der Waals surface area (Å²) in [7, 11) is 1.39. The number of carbonyl (C=O) groups is 2. The van der Waals surface area contributed by atoms with Crippen LogP contribution in [0.5, 0.6) is 11.5 Å². The molecule has 6 nitrogen and oxygen atoms in total. The average Bonchev–Trinajstić information content (AvgIpc) is 2.77. The third kappa shape index (κ3) is 5.96. The van der Waals surface area contributed by atoms with E-state index >= 15 is 0 Å². The summed E-state index contributed by atoms with van der Waals surface area (Å²) in [6.07, 6.45) is 1.82. The van der Waals surface area contributed by atoms with Crippen LogP contribution in [0.1, 0.15) is 47.4 Å². The predicted octanol–water partition coefficient (Wildman–Crippen LogP) is 3.90. The van der Waals surface area contributed by atoms with E-state index in [1.165, 1.54) is 19.2 Å². The van der Waals surface area contributed by atoms with Crippen LogP contribution >= 0.6 is 0 Å². The summed E-state index contributed by atoms with van der Waals surface area (Å²) in [5, 5.41) is 2.85. The molecule has 0 spiro atoms. The first kappa shape index (κ1) is 22.6. The third-order valence-electron chi connectivity index (χ3n) is 5.23. The van der Waals surface area contributed by atoms with Crippen molar-refractivity contribution in [2.75, 3.05) is 26.8 Å². The van der Waals surface area contributed by atoms with Crippen molar-refractivity contribution >= 4 is 11.8 Å². The molecule has 1 N–H and O–H groups in total. The van der Waals surface area contributed by atoms with Gasteiger partial charge in [0.1, 0.15) is 5.75 Å². The Kier molecular flexibility index (Phi) is 7.50. The number of benzene rings is 2. The number of nitrogens with zero attached hydrogens (tertiary/aromatic N) is 1. The molecular formula is C24H29FN2O4. The van der Waals surface area contributed by atoms with Gasteiger partial charge in [0, 0.05) is 36.2 Å². The van der Waals surface area contributed by atoms with Gasteiger partial charge in [0.25, 0.3) is 11.8 Å². The Morgan fingerprint density at radius 3 is 2.52 bits per heavy atom. The molecular weight excluding hydrogens is 399 g/mol. The molecule has 2 amide bonds. The van der Waals surface area contributed by atoms with Crippen LogP contribution < -0.4 is 14.8 Å². The van der Waals surface area contributed by atoms with Crippen LogP contribution in [0.15, 0.2) is 42.5 Å². The summed E-state index contributed by atoms with van der Waals surface area (Å²) >= 11 is 0. The zero-order chi connectivity index (χ0) is 22.4. The second kappa shape index (κ2) is 10.3. The summed E-state index contributed by atoms with van der Waals surface area (Å²) in [5.74, 6) is 0.140. The molecule has 1 heterocycles. The van der Waals surface area contributed by atoms with E-state index in [1.54, 1.807) is 35.2 Å². The summed E-state index contributed by atoms with van der Waals surface area (Å²) in [6, 6.07) is 11.4. The second-order valence-corrected chi connectivity index (χ2v) is 8.07. The Morgan fingerprint density at radius 1 is 1.16 bits per heavy atom. The number of halogens is 1. The van der Waals surface area contributed by atoms with Gasteiger partial charge in [-0.2, -0.15) is 0 Å². The number of piperidine rings is 1. The van der Waals surface area contributed by atoms with Gasteiger partial charge in [0.15, 0.2) is 11.6 Å². The van der Waals surface area contributed by atoms with E-state index in [0.717, 1.165) is 12.8 Å². The number of rotatable bonds is 7. The molecule has 2 aromatic rings. The lowest BCUT2D eigenvalue weighted by Crippen LogP contribution is -2.41. The highest BCUT2D eigenvalue weighted by Gasteiger charge is 2.25. The van der Waals surface area contributed by atoms with Crippen molar-refractivity contribution in [3.63, 3.8) is 0 Å². The minimum Gasteiger partial charge on any atom is -0.494 e. The lowest BCUT2D eigenvalue weighted by atomic mass is 9.98. The maximum Gasteiger partial charge on any atom is 0.253 e. The van der Waals surface area contributed by atoms with Gasteiger partial charge in [-0.25, -0.2) is 4.39 Å². The summed E-state index contributed by atoms with van der Waals surface area (Å²) in [5.41, 5.74) is 0.900. The Hall–Kier alpha value is -3.09. The van der Waals surface area contributed by atoms with Crippen LogP contribution in [0.2, 0.25) is 0 Å². The van der Waals surface area contributed by atoms with Crippen molar-refractivity contribution in [3.05, 3.63) is 59.4 Å². The molecule has 0 aliphatic carbocycles. The third-order valence-corrected chi connectivity index (χ3v) is 5.23. The quantitative estimate of drug-likeness (QED) is 0.726. The van der Waals surface area contributed by atoms with Crippen molar-refractivity contribution in [1.82, 2.24) is 10.2 Å². The number of hydrogen-bond donors (Lipinski definition) is 1. The van der Waals surface area contributed by atoms with Crippen LogP contribution in [-0.2, 0) is 0 Å². The SMILES string of the molecule is COc1ccc(C(=O)N2CCC[C@H](COc3ccc(C(=O)NC(C)C)cc3)C2)cc1F. The van der Waals surface area contributed by atoms with Crippen LogP contribution in [-0.4, -0.2) is 49.6 Å². The Bertz CT molecular complexity index is 914. The topological polar surface area (TPSA) is 67.9 Å². The molecule has 1 atom stereocenters. The van der Waals surface area contributed by atoms with Crippen molar-refractivity contribution < 1.29 is 23.5 Å². The maximum absolute atomic E-state index is 14.0. The number of methoxy groups -OCH3 is 1. The molecule has 7 heteroatoms. The van der Waals surface area contributed by atoms with E-state index in [0.29, 0.717) is 36.6 Å². The molecule has 1 aliphatic heterocycles. The molecule has 0 unspecified atom stereocenters. The van der Waals surface area contributed by atoms with E-state index in [9.17, 15) is 14.0 Å². The van der Waals surface area contributed by atoms with Gasteiger partial charge in [-0.1, -0.05) is 0 Å². The van der Waals surface area contributed by atoms with Gasteiger partial charge < -0.3 is 19.7 Å². The van der Waals surface area contributed by atoms with Gasteiger partial charge in [0.2, 0.25) is 0 Å². The molecule has 0 radical (unpaired) electrons. The lowest BCUT2D eigenvalue weighted by Gasteiger charge is -2.32. The molecule has 1 aliphatic rings. The Labute approximate surface area is 182 Å². The number of ether oxygens (including phenoxy) is 2. The normalized spacial score (nSPS) is 16.2. The number of hydrogen-bond acceptors (Lipinski definition) is 4. The molecule has 1 saturated heterocycles. The fraction of sp³-hybridized carbons (Fsp3) is 0.417. The molecule has 31 heavy (non-hydrogen) atoms. The van der Waals surface area contributed by atoms with Gasteiger partial charge in [0.05, 0.1) is 13.7 Å². The fourth-order valence-electron chi connectivity index (χ4n) is 3.63. The average molecular weight is 429 g/mol. The Morgan fingerprint density at radius 2 is 1.87 bits per heavy atom. The predicted molar refractivity (Wildman–Crippen MR) is 116 cm³/mol. The van der Waals surface area contributed by atoms with E-state index < -0.39 is 5.82 Å². The number of amides is 2. The van der Waals surface area contributed by atoms with Crippen molar-refractivity contribution in [1.29, 1.82) is 0 Å². The molecule has 0 aromatic heterocycles. The first-order valence-electron chi connectivity index (χ1n) is 10.5. The minimum atomic E-state index is -0.546. The van der Waals surface area contributed by atoms with Gasteiger partial charge >= 0.3 is 0 Å². The van der Waals surface area contributed by atoms with Gasteiger partial charge in [-0.3, -0.25) is 9.59 Å². The van der Waals surface area contributed by atoms with E-state index in [4.69, 9.17) is 9.47 Å². The van der Waals surface area contributed by atoms with Crippen molar-refractivity contribution in [3.8, 4) is 11.5 Å². The largest absolute Gasteiger partial charge is 0.494 e.